The molecule has 4 nitrogen and oxygen atoms in total. The summed E-state index contributed by atoms with van der Waals surface area (Å²) in [5.74, 6) is 0.134. The van der Waals surface area contributed by atoms with Crippen LogP contribution < -0.4 is 11.1 Å². The summed E-state index contributed by atoms with van der Waals surface area (Å²) in [6.07, 6.45) is 0. The molecule has 0 aliphatic heterocycles. The van der Waals surface area contributed by atoms with Crippen LogP contribution in [0.1, 0.15) is 26.3 Å². The molecule has 3 N–H and O–H groups in total. The molecule has 19 heavy (non-hydrogen) atoms. The largest absolute Gasteiger partial charge is 0.399 e. The van der Waals surface area contributed by atoms with E-state index in [1.54, 1.807) is 12.1 Å². The predicted molar refractivity (Wildman–Crippen MR) is 79.3 cm³/mol. The topological polar surface area (TPSA) is 72.2 Å². The summed E-state index contributed by atoms with van der Waals surface area (Å²) >= 11 is 0. The molecule has 0 aliphatic rings. The second kappa shape index (κ2) is 6.70. The van der Waals surface area contributed by atoms with E-state index >= 15 is 0 Å². The molecule has 1 rings (SSSR count). The lowest BCUT2D eigenvalue weighted by Crippen LogP contribution is -2.38. The fourth-order valence-electron chi connectivity index (χ4n) is 1.52. The number of nitrogen functional groups attached to an aromatic ring is 1. The van der Waals surface area contributed by atoms with E-state index in [0.29, 0.717) is 16.5 Å². The van der Waals surface area contributed by atoms with Gasteiger partial charge < -0.3 is 11.1 Å². The molecule has 0 aliphatic carbocycles. The third-order valence-corrected chi connectivity index (χ3v) is 4.56. The summed E-state index contributed by atoms with van der Waals surface area (Å²) < 4.78 is 12.2. The third kappa shape index (κ3) is 4.67. The zero-order chi connectivity index (χ0) is 14.6. The van der Waals surface area contributed by atoms with Crippen molar-refractivity contribution in [3.8, 4) is 0 Å². The second-order valence-electron chi connectivity index (χ2n) is 5.11. The Balaban J connectivity index is 2.69. The van der Waals surface area contributed by atoms with Crippen LogP contribution in [0, 0.1) is 12.8 Å². The van der Waals surface area contributed by atoms with E-state index in [4.69, 9.17) is 5.73 Å². The maximum absolute atomic E-state index is 12.2. The number of aryl methyl sites for hydroxylation is 1. The fraction of sp³-hybridized carbons (Fsp3) is 0.500. The van der Waals surface area contributed by atoms with E-state index in [-0.39, 0.29) is 17.7 Å². The van der Waals surface area contributed by atoms with Crippen LogP contribution >= 0.6 is 0 Å². The molecule has 0 saturated heterocycles. The summed E-state index contributed by atoms with van der Waals surface area (Å²) in [5.41, 5.74) is 7.13. The molecule has 0 radical (unpaired) electrons. The van der Waals surface area contributed by atoms with Crippen LogP contribution in [-0.4, -0.2) is 21.9 Å². The molecule has 0 heterocycles. The third-order valence-electron chi connectivity index (χ3n) is 3.11. The predicted octanol–water partition coefficient (Wildman–Crippen LogP) is 1.85. The standard InChI is InChI=1S/C14H22N2O2S/c1-9(2)11(4)16-14(17)8-19(18)13-7-12(15)6-5-10(13)3/h5-7,9,11H,8,15H2,1-4H3,(H,16,17). The first-order valence-electron chi connectivity index (χ1n) is 6.35. The van der Waals surface area contributed by atoms with Crippen molar-refractivity contribution in [3.63, 3.8) is 0 Å². The average molecular weight is 282 g/mol. The van der Waals surface area contributed by atoms with Gasteiger partial charge in [0, 0.05) is 16.6 Å². The van der Waals surface area contributed by atoms with Gasteiger partial charge in [0.1, 0.15) is 5.75 Å². The summed E-state index contributed by atoms with van der Waals surface area (Å²) in [6, 6.07) is 5.32. The minimum absolute atomic E-state index is 0.0264. The minimum atomic E-state index is -1.36. The highest BCUT2D eigenvalue weighted by Crippen LogP contribution is 2.16. The van der Waals surface area contributed by atoms with E-state index in [2.05, 4.69) is 5.32 Å². The van der Waals surface area contributed by atoms with Gasteiger partial charge in [0.15, 0.2) is 0 Å². The van der Waals surface area contributed by atoms with Crippen LogP contribution in [0.4, 0.5) is 5.69 Å². The van der Waals surface area contributed by atoms with Crippen LogP contribution in [0.5, 0.6) is 0 Å². The smallest absolute Gasteiger partial charge is 0.233 e. The number of benzene rings is 1. The van der Waals surface area contributed by atoms with Crippen molar-refractivity contribution >= 4 is 22.4 Å². The molecule has 106 valence electrons. The number of hydrogen-bond acceptors (Lipinski definition) is 3. The Labute approximate surface area is 117 Å². The zero-order valence-electron chi connectivity index (χ0n) is 11.9. The Hall–Kier alpha value is -1.36. The molecular weight excluding hydrogens is 260 g/mol. The lowest BCUT2D eigenvalue weighted by Gasteiger charge is -2.17. The van der Waals surface area contributed by atoms with Gasteiger partial charge in [-0.2, -0.15) is 0 Å². The van der Waals surface area contributed by atoms with Gasteiger partial charge in [-0.15, -0.1) is 0 Å². The number of rotatable bonds is 5. The highest BCUT2D eigenvalue weighted by Gasteiger charge is 2.15. The van der Waals surface area contributed by atoms with E-state index in [9.17, 15) is 9.00 Å². The maximum atomic E-state index is 12.2. The summed E-state index contributed by atoms with van der Waals surface area (Å²) in [6.45, 7) is 7.87. The van der Waals surface area contributed by atoms with Gasteiger partial charge in [0.05, 0.1) is 10.8 Å². The molecule has 1 aromatic rings. The molecule has 0 bridgehead atoms. The number of anilines is 1. The minimum Gasteiger partial charge on any atom is -0.399 e. The van der Waals surface area contributed by atoms with E-state index in [1.165, 1.54) is 0 Å². The zero-order valence-corrected chi connectivity index (χ0v) is 12.7. The fourth-order valence-corrected chi connectivity index (χ4v) is 2.69. The number of carbonyl (C=O) groups excluding carboxylic acids is 1. The Morgan fingerprint density at radius 3 is 2.58 bits per heavy atom. The van der Waals surface area contributed by atoms with E-state index in [1.807, 2.05) is 33.8 Å². The Bertz CT molecular complexity index is 486. The van der Waals surface area contributed by atoms with Crippen molar-refractivity contribution in [2.24, 2.45) is 5.92 Å². The maximum Gasteiger partial charge on any atom is 0.233 e. The summed E-state index contributed by atoms with van der Waals surface area (Å²) in [7, 11) is -1.36. The van der Waals surface area contributed by atoms with E-state index < -0.39 is 10.8 Å². The number of carbonyl (C=O) groups is 1. The molecule has 2 unspecified atom stereocenters. The van der Waals surface area contributed by atoms with Crippen LogP contribution in [0.15, 0.2) is 23.1 Å². The van der Waals surface area contributed by atoms with Gasteiger partial charge in [-0.3, -0.25) is 9.00 Å². The highest BCUT2D eigenvalue weighted by atomic mass is 32.2. The van der Waals surface area contributed by atoms with Crippen molar-refractivity contribution in [1.82, 2.24) is 5.32 Å². The quantitative estimate of drug-likeness (QED) is 0.810. The average Bonchev–Trinajstić information content (AvgIpc) is 2.31. The normalized spacial score (nSPS) is 14.2. The van der Waals surface area contributed by atoms with Crippen molar-refractivity contribution in [1.29, 1.82) is 0 Å². The first-order chi connectivity index (χ1) is 8.81. The molecule has 1 amide bonds. The van der Waals surface area contributed by atoms with Gasteiger partial charge in [-0.05, 0) is 37.5 Å². The Morgan fingerprint density at radius 1 is 1.37 bits per heavy atom. The van der Waals surface area contributed by atoms with Gasteiger partial charge in [-0.1, -0.05) is 19.9 Å². The highest BCUT2D eigenvalue weighted by molar-refractivity contribution is 7.85. The van der Waals surface area contributed by atoms with Crippen LogP contribution in [0.3, 0.4) is 0 Å². The molecule has 5 heteroatoms. The van der Waals surface area contributed by atoms with Crippen molar-refractivity contribution in [3.05, 3.63) is 23.8 Å². The van der Waals surface area contributed by atoms with Gasteiger partial charge in [0.25, 0.3) is 0 Å². The monoisotopic (exact) mass is 282 g/mol. The number of amides is 1. The summed E-state index contributed by atoms with van der Waals surface area (Å²) in [4.78, 5) is 12.4. The second-order valence-corrected chi connectivity index (χ2v) is 6.53. The molecule has 0 spiro atoms. The Kier molecular flexibility index (Phi) is 5.54. The van der Waals surface area contributed by atoms with Crippen LogP contribution in [-0.2, 0) is 15.6 Å². The van der Waals surface area contributed by atoms with Crippen LogP contribution in [0.2, 0.25) is 0 Å². The van der Waals surface area contributed by atoms with Crippen LogP contribution in [0.25, 0.3) is 0 Å². The molecular formula is C14H22N2O2S. The number of hydrogen-bond donors (Lipinski definition) is 2. The van der Waals surface area contributed by atoms with Gasteiger partial charge >= 0.3 is 0 Å². The summed E-state index contributed by atoms with van der Waals surface area (Å²) in [5, 5.41) is 2.85. The lowest BCUT2D eigenvalue weighted by atomic mass is 10.1. The van der Waals surface area contributed by atoms with Gasteiger partial charge in [-0.25, -0.2) is 0 Å². The number of nitrogens with two attached hydrogens (primary N) is 1. The first-order valence-corrected chi connectivity index (χ1v) is 7.67. The molecule has 1 aromatic carbocycles. The molecule has 0 saturated carbocycles. The molecule has 0 fully saturated rings. The SMILES string of the molecule is Cc1ccc(N)cc1S(=O)CC(=O)NC(C)C(C)C. The number of nitrogens with one attached hydrogen (secondary N) is 1. The Morgan fingerprint density at radius 2 is 2.00 bits per heavy atom. The molecule has 2 atom stereocenters. The van der Waals surface area contributed by atoms with Gasteiger partial charge in [0.2, 0.25) is 5.91 Å². The van der Waals surface area contributed by atoms with Crippen molar-refractivity contribution < 1.29 is 9.00 Å². The lowest BCUT2D eigenvalue weighted by molar-refractivity contribution is -0.119. The van der Waals surface area contributed by atoms with E-state index in [0.717, 1.165) is 5.56 Å². The first kappa shape index (κ1) is 15.7. The molecule has 0 aromatic heterocycles. The van der Waals surface area contributed by atoms with Crippen molar-refractivity contribution in [2.75, 3.05) is 11.5 Å². The van der Waals surface area contributed by atoms with Crippen molar-refractivity contribution in [2.45, 2.75) is 38.6 Å².